The molecule has 0 saturated carbocycles. The van der Waals surface area contributed by atoms with E-state index in [1.807, 2.05) is 25.4 Å². The van der Waals surface area contributed by atoms with Crippen LogP contribution >= 0.6 is 15.9 Å². The summed E-state index contributed by atoms with van der Waals surface area (Å²) in [7, 11) is 1.87. The van der Waals surface area contributed by atoms with E-state index in [1.165, 1.54) is 6.20 Å². The minimum atomic E-state index is -0.171. The van der Waals surface area contributed by atoms with Crippen molar-refractivity contribution in [1.82, 2.24) is 25.1 Å². The van der Waals surface area contributed by atoms with Crippen LogP contribution in [0.1, 0.15) is 15.9 Å². The number of nitrogens with one attached hydrogen (secondary N) is 1. The molecule has 0 unspecified atom stereocenters. The Morgan fingerprint density at radius 1 is 1.26 bits per heavy atom. The second-order valence-electron chi connectivity index (χ2n) is 5.03. The fourth-order valence-electron chi connectivity index (χ4n) is 2.07. The van der Waals surface area contributed by atoms with E-state index in [4.69, 9.17) is 0 Å². The first-order chi connectivity index (χ1) is 11.1. The number of amides is 1. The Morgan fingerprint density at radius 2 is 2.13 bits per heavy atom. The van der Waals surface area contributed by atoms with Crippen molar-refractivity contribution in [2.24, 2.45) is 7.05 Å². The lowest BCUT2D eigenvalue weighted by Gasteiger charge is -2.06. The summed E-state index contributed by atoms with van der Waals surface area (Å²) >= 11 is 3.30. The number of hydrogen-bond donors (Lipinski definition) is 1. The Bertz CT molecular complexity index is 828. The number of aromatic nitrogens is 4. The maximum Gasteiger partial charge on any atom is 0.253 e. The zero-order valence-corrected chi connectivity index (χ0v) is 14.0. The molecule has 1 amide bonds. The Kier molecular flexibility index (Phi) is 4.47. The molecule has 3 aromatic rings. The van der Waals surface area contributed by atoms with E-state index in [0.29, 0.717) is 12.1 Å². The van der Waals surface area contributed by atoms with Gasteiger partial charge in [0, 0.05) is 48.4 Å². The van der Waals surface area contributed by atoms with E-state index in [0.717, 1.165) is 21.3 Å². The van der Waals surface area contributed by atoms with Crippen LogP contribution in [-0.4, -0.2) is 25.7 Å². The maximum atomic E-state index is 12.1. The van der Waals surface area contributed by atoms with Crippen molar-refractivity contribution in [3.05, 3.63) is 64.8 Å². The highest BCUT2D eigenvalue weighted by Gasteiger charge is 2.07. The molecule has 0 radical (unpaired) electrons. The van der Waals surface area contributed by atoms with Crippen LogP contribution in [0, 0.1) is 0 Å². The molecule has 0 spiro atoms. The van der Waals surface area contributed by atoms with Gasteiger partial charge in [0.1, 0.15) is 0 Å². The Hall–Kier alpha value is -2.54. The summed E-state index contributed by atoms with van der Waals surface area (Å²) in [4.78, 5) is 20.4. The van der Waals surface area contributed by atoms with E-state index in [-0.39, 0.29) is 5.91 Å². The van der Waals surface area contributed by atoms with E-state index in [2.05, 4.69) is 36.3 Å². The molecule has 0 aromatic carbocycles. The van der Waals surface area contributed by atoms with Crippen LogP contribution in [0.15, 0.2) is 53.7 Å². The molecular formula is C16H14BrN5O. The third-order valence-electron chi connectivity index (χ3n) is 3.25. The lowest BCUT2D eigenvalue weighted by molar-refractivity contribution is 0.0950. The van der Waals surface area contributed by atoms with Crippen molar-refractivity contribution in [3.63, 3.8) is 0 Å². The summed E-state index contributed by atoms with van der Waals surface area (Å²) in [5, 5.41) is 6.98. The van der Waals surface area contributed by atoms with Gasteiger partial charge in [-0.05, 0) is 33.6 Å². The molecule has 3 rings (SSSR count). The van der Waals surface area contributed by atoms with Crippen LogP contribution in [0.25, 0.3) is 11.3 Å². The van der Waals surface area contributed by atoms with E-state index < -0.39 is 0 Å². The first kappa shape index (κ1) is 15.4. The van der Waals surface area contributed by atoms with E-state index >= 15 is 0 Å². The number of aryl methyl sites for hydroxylation is 1. The van der Waals surface area contributed by atoms with Crippen LogP contribution in [-0.2, 0) is 13.6 Å². The predicted octanol–water partition coefficient (Wildman–Crippen LogP) is 2.57. The Balaban J connectivity index is 1.63. The topological polar surface area (TPSA) is 72.7 Å². The van der Waals surface area contributed by atoms with Crippen LogP contribution in [0.4, 0.5) is 0 Å². The van der Waals surface area contributed by atoms with Crippen LogP contribution in [0.3, 0.4) is 0 Å². The Morgan fingerprint density at radius 3 is 2.78 bits per heavy atom. The second-order valence-corrected chi connectivity index (χ2v) is 5.94. The number of hydrogen-bond acceptors (Lipinski definition) is 4. The third-order valence-corrected chi connectivity index (χ3v) is 3.68. The molecule has 0 aliphatic rings. The van der Waals surface area contributed by atoms with Crippen molar-refractivity contribution < 1.29 is 4.79 Å². The van der Waals surface area contributed by atoms with Gasteiger partial charge in [-0.2, -0.15) is 5.10 Å². The highest BCUT2D eigenvalue weighted by molar-refractivity contribution is 9.10. The molecule has 116 valence electrons. The fraction of sp³-hybridized carbons (Fsp3) is 0.125. The van der Waals surface area contributed by atoms with Gasteiger partial charge in [0.25, 0.3) is 5.91 Å². The summed E-state index contributed by atoms with van der Waals surface area (Å²) in [6.07, 6.45) is 8.59. The van der Waals surface area contributed by atoms with Crippen LogP contribution < -0.4 is 5.32 Å². The Labute approximate surface area is 141 Å². The van der Waals surface area contributed by atoms with Gasteiger partial charge in [-0.15, -0.1) is 0 Å². The molecule has 0 fully saturated rings. The lowest BCUT2D eigenvalue weighted by Crippen LogP contribution is -2.23. The van der Waals surface area contributed by atoms with Gasteiger partial charge >= 0.3 is 0 Å². The predicted molar refractivity (Wildman–Crippen MR) is 89.5 cm³/mol. The first-order valence-corrected chi connectivity index (χ1v) is 7.74. The SMILES string of the molecule is Cn1cc(-c2ccc(CNC(=O)c3cncc(Br)c3)cn2)cn1. The standard InChI is InChI=1S/C16H14BrN5O/c1-22-10-13(8-21-22)15-3-2-11(5-19-15)6-20-16(23)12-4-14(17)9-18-7-12/h2-5,7-10H,6H2,1H3,(H,20,23). The van der Waals surface area contributed by atoms with Crippen molar-refractivity contribution in [3.8, 4) is 11.3 Å². The maximum absolute atomic E-state index is 12.1. The molecule has 0 atom stereocenters. The number of pyridine rings is 2. The van der Waals surface area contributed by atoms with Crippen molar-refractivity contribution >= 4 is 21.8 Å². The summed E-state index contributed by atoms with van der Waals surface area (Å²) < 4.78 is 2.50. The van der Waals surface area contributed by atoms with E-state index in [1.54, 1.807) is 29.3 Å². The molecule has 3 aromatic heterocycles. The van der Waals surface area contributed by atoms with Crippen LogP contribution in [0.2, 0.25) is 0 Å². The molecule has 1 N–H and O–H groups in total. The molecule has 0 aliphatic carbocycles. The average Bonchev–Trinajstić information content (AvgIpc) is 2.99. The normalized spacial score (nSPS) is 10.5. The first-order valence-electron chi connectivity index (χ1n) is 6.94. The fourth-order valence-corrected chi connectivity index (χ4v) is 2.44. The quantitative estimate of drug-likeness (QED) is 0.764. The van der Waals surface area contributed by atoms with Gasteiger partial charge in [0.15, 0.2) is 0 Å². The second kappa shape index (κ2) is 6.70. The molecule has 23 heavy (non-hydrogen) atoms. The minimum Gasteiger partial charge on any atom is -0.348 e. The number of nitrogens with zero attached hydrogens (tertiary/aromatic N) is 4. The monoisotopic (exact) mass is 371 g/mol. The zero-order chi connectivity index (χ0) is 16.2. The number of carbonyl (C=O) groups excluding carboxylic acids is 1. The van der Waals surface area contributed by atoms with Crippen molar-refractivity contribution in [2.45, 2.75) is 6.54 Å². The molecular weight excluding hydrogens is 358 g/mol. The van der Waals surface area contributed by atoms with E-state index in [9.17, 15) is 4.79 Å². The molecule has 3 heterocycles. The van der Waals surface area contributed by atoms with Gasteiger partial charge in [0.2, 0.25) is 0 Å². The summed E-state index contributed by atoms with van der Waals surface area (Å²) in [5.74, 6) is -0.171. The average molecular weight is 372 g/mol. The van der Waals surface area contributed by atoms with Crippen molar-refractivity contribution in [2.75, 3.05) is 0 Å². The number of halogens is 1. The minimum absolute atomic E-state index is 0.171. The highest BCUT2D eigenvalue weighted by atomic mass is 79.9. The van der Waals surface area contributed by atoms with Gasteiger partial charge < -0.3 is 5.32 Å². The van der Waals surface area contributed by atoms with Crippen LogP contribution in [0.5, 0.6) is 0 Å². The van der Waals surface area contributed by atoms with Gasteiger partial charge in [-0.3, -0.25) is 19.4 Å². The zero-order valence-electron chi connectivity index (χ0n) is 12.4. The molecule has 7 heteroatoms. The lowest BCUT2D eigenvalue weighted by atomic mass is 10.2. The molecule has 0 aliphatic heterocycles. The number of carbonyl (C=O) groups is 1. The van der Waals surface area contributed by atoms with Gasteiger partial charge in [-0.25, -0.2) is 0 Å². The largest absolute Gasteiger partial charge is 0.348 e. The highest BCUT2D eigenvalue weighted by Crippen LogP contribution is 2.15. The summed E-state index contributed by atoms with van der Waals surface area (Å²) in [6.45, 7) is 0.408. The molecule has 0 saturated heterocycles. The number of rotatable bonds is 4. The van der Waals surface area contributed by atoms with Gasteiger partial charge in [-0.1, -0.05) is 6.07 Å². The third kappa shape index (κ3) is 3.81. The molecule has 0 bridgehead atoms. The van der Waals surface area contributed by atoms with Gasteiger partial charge in [0.05, 0.1) is 17.5 Å². The summed E-state index contributed by atoms with van der Waals surface area (Å²) in [5.41, 5.74) is 3.25. The molecule has 6 nitrogen and oxygen atoms in total. The smallest absolute Gasteiger partial charge is 0.253 e. The summed E-state index contributed by atoms with van der Waals surface area (Å²) in [6, 6.07) is 5.58. The van der Waals surface area contributed by atoms with Crippen molar-refractivity contribution in [1.29, 1.82) is 0 Å².